The Balaban J connectivity index is 2.52. The third kappa shape index (κ3) is 2.20. The van der Waals surface area contributed by atoms with Gasteiger partial charge < -0.3 is 5.73 Å². The van der Waals surface area contributed by atoms with Crippen LogP contribution in [0.3, 0.4) is 0 Å². The minimum absolute atomic E-state index is 0.00555. The zero-order chi connectivity index (χ0) is 13.3. The van der Waals surface area contributed by atoms with E-state index in [2.05, 4.69) is 4.98 Å². The van der Waals surface area contributed by atoms with Gasteiger partial charge in [0.05, 0.1) is 10.6 Å². The van der Waals surface area contributed by atoms with Crippen molar-refractivity contribution in [3.8, 4) is 17.3 Å². The number of nitrogen functional groups attached to an aromatic ring is 1. The second-order valence-corrected chi connectivity index (χ2v) is 5.29. The first-order valence-electron chi connectivity index (χ1n) is 5.49. The van der Waals surface area contributed by atoms with E-state index in [1.165, 1.54) is 23.5 Å². The van der Waals surface area contributed by atoms with E-state index >= 15 is 0 Å². The molecule has 18 heavy (non-hydrogen) atoms. The fourth-order valence-electron chi connectivity index (χ4n) is 1.56. The van der Waals surface area contributed by atoms with Crippen LogP contribution in [0.25, 0.3) is 11.3 Å². The van der Waals surface area contributed by atoms with Gasteiger partial charge in [0.2, 0.25) is 0 Å². The van der Waals surface area contributed by atoms with Gasteiger partial charge in [-0.1, -0.05) is 13.8 Å². The van der Waals surface area contributed by atoms with E-state index in [9.17, 15) is 4.39 Å². The Morgan fingerprint density at radius 1 is 1.44 bits per heavy atom. The fourth-order valence-corrected chi connectivity index (χ4v) is 2.42. The van der Waals surface area contributed by atoms with Gasteiger partial charge in [-0.2, -0.15) is 5.26 Å². The lowest BCUT2D eigenvalue weighted by molar-refractivity contribution is 0.624. The highest BCUT2D eigenvalue weighted by atomic mass is 32.1. The van der Waals surface area contributed by atoms with Crippen LogP contribution in [0.4, 0.5) is 9.39 Å². The lowest BCUT2D eigenvalue weighted by atomic mass is 10.1. The van der Waals surface area contributed by atoms with Gasteiger partial charge in [0.1, 0.15) is 22.6 Å². The number of anilines is 1. The smallest absolute Gasteiger partial charge is 0.140 e. The fraction of sp³-hybridized carbons (Fsp3) is 0.231. The van der Waals surface area contributed by atoms with Gasteiger partial charge in [-0.05, 0) is 18.2 Å². The van der Waals surface area contributed by atoms with Crippen LogP contribution in [0, 0.1) is 17.1 Å². The highest BCUT2D eigenvalue weighted by Gasteiger charge is 2.14. The number of nitrogens with two attached hydrogens (primary N) is 1. The van der Waals surface area contributed by atoms with Gasteiger partial charge >= 0.3 is 0 Å². The molecular weight excluding hydrogens is 249 g/mol. The Kier molecular flexibility index (Phi) is 3.30. The average Bonchev–Trinajstić information content (AvgIpc) is 2.72. The summed E-state index contributed by atoms with van der Waals surface area (Å²) >= 11 is 1.42. The highest BCUT2D eigenvalue weighted by molar-refractivity contribution is 7.16. The molecule has 0 bridgehead atoms. The predicted octanol–water partition coefficient (Wildman–Crippen LogP) is 3.53. The molecule has 3 nitrogen and oxygen atoms in total. The van der Waals surface area contributed by atoms with Crippen molar-refractivity contribution in [2.45, 2.75) is 19.8 Å². The number of aromatic nitrogens is 1. The van der Waals surface area contributed by atoms with E-state index in [0.29, 0.717) is 22.2 Å². The summed E-state index contributed by atoms with van der Waals surface area (Å²) in [4.78, 5) is 4.45. The van der Waals surface area contributed by atoms with Crippen molar-refractivity contribution >= 4 is 16.3 Å². The maximum Gasteiger partial charge on any atom is 0.140 e. The van der Waals surface area contributed by atoms with Crippen LogP contribution < -0.4 is 5.73 Å². The Labute approximate surface area is 109 Å². The third-order valence-electron chi connectivity index (χ3n) is 2.52. The van der Waals surface area contributed by atoms with Crippen LogP contribution in [0.5, 0.6) is 0 Å². The second kappa shape index (κ2) is 4.75. The van der Waals surface area contributed by atoms with E-state index in [0.717, 1.165) is 5.01 Å². The Morgan fingerprint density at radius 2 is 2.17 bits per heavy atom. The van der Waals surface area contributed by atoms with Crippen molar-refractivity contribution in [3.05, 3.63) is 34.6 Å². The normalized spacial score (nSPS) is 10.6. The van der Waals surface area contributed by atoms with Crippen molar-refractivity contribution < 1.29 is 4.39 Å². The molecule has 0 spiro atoms. The van der Waals surface area contributed by atoms with E-state index in [1.807, 2.05) is 19.9 Å². The van der Waals surface area contributed by atoms with Crippen LogP contribution in [0.2, 0.25) is 0 Å². The van der Waals surface area contributed by atoms with Gasteiger partial charge in [0, 0.05) is 11.5 Å². The van der Waals surface area contributed by atoms with Gasteiger partial charge in [-0.25, -0.2) is 9.37 Å². The monoisotopic (exact) mass is 261 g/mol. The Hall–Kier alpha value is -1.93. The summed E-state index contributed by atoms with van der Waals surface area (Å²) in [7, 11) is 0. The number of benzene rings is 1. The number of hydrogen-bond donors (Lipinski definition) is 1. The number of halogens is 1. The molecule has 0 amide bonds. The molecule has 0 aliphatic heterocycles. The first-order valence-corrected chi connectivity index (χ1v) is 6.30. The van der Waals surface area contributed by atoms with Crippen LogP contribution >= 0.6 is 11.3 Å². The molecule has 1 aromatic heterocycles. The summed E-state index contributed by atoms with van der Waals surface area (Å²) < 4.78 is 13.2. The summed E-state index contributed by atoms with van der Waals surface area (Å²) in [5.41, 5.74) is 7.23. The van der Waals surface area contributed by atoms with E-state index in [4.69, 9.17) is 11.0 Å². The Morgan fingerprint density at radius 3 is 2.72 bits per heavy atom. The summed E-state index contributed by atoms with van der Waals surface area (Å²) in [6.07, 6.45) is 0. The van der Waals surface area contributed by atoms with Gasteiger partial charge in [0.25, 0.3) is 0 Å². The van der Waals surface area contributed by atoms with Gasteiger partial charge in [-0.3, -0.25) is 0 Å². The number of nitrogens with zero attached hydrogens (tertiary/aromatic N) is 2. The Bertz CT molecular complexity index is 626. The molecule has 2 rings (SSSR count). The minimum atomic E-state index is -0.529. The molecule has 0 unspecified atom stereocenters. The summed E-state index contributed by atoms with van der Waals surface area (Å²) in [5.74, 6) is -0.235. The van der Waals surface area contributed by atoms with Crippen molar-refractivity contribution in [1.82, 2.24) is 4.98 Å². The van der Waals surface area contributed by atoms with Crippen LogP contribution in [-0.2, 0) is 0 Å². The molecule has 92 valence electrons. The molecule has 0 saturated carbocycles. The molecule has 5 heteroatoms. The number of nitriles is 1. The zero-order valence-corrected chi connectivity index (χ0v) is 10.9. The SMILES string of the molecule is CC(C)c1nc(-c2ccc(F)c(C#N)c2)c(N)s1. The summed E-state index contributed by atoms with van der Waals surface area (Å²) in [6.45, 7) is 4.07. The van der Waals surface area contributed by atoms with Crippen molar-refractivity contribution in [1.29, 1.82) is 5.26 Å². The zero-order valence-electron chi connectivity index (χ0n) is 10.1. The molecule has 2 aromatic rings. The number of thiazole rings is 1. The highest BCUT2D eigenvalue weighted by Crippen LogP contribution is 2.34. The van der Waals surface area contributed by atoms with Crippen molar-refractivity contribution in [3.63, 3.8) is 0 Å². The lowest BCUT2D eigenvalue weighted by Crippen LogP contribution is -1.90. The quantitative estimate of drug-likeness (QED) is 0.899. The van der Waals surface area contributed by atoms with Gasteiger partial charge in [0.15, 0.2) is 0 Å². The molecule has 0 fully saturated rings. The van der Waals surface area contributed by atoms with Gasteiger partial charge in [-0.15, -0.1) is 11.3 Å². The molecule has 0 saturated heterocycles. The third-order valence-corrected chi connectivity index (χ3v) is 3.71. The number of rotatable bonds is 2. The molecule has 0 atom stereocenters. The maximum atomic E-state index is 13.2. The predicted molar refractivity (Wildman–Crippen MR) is 70.7 cm³/mol. The lowest BCUT2D eigenvalue weighted by Gasteiger charge is -2.00. The summed E-state index contributed by atoms with van der Waals surface area (Å²) in [6, 6.07) is 6.15. The standard InChI is InChI=1S/C13H12FN3S/c1-7(2)13-17-11(12(16)18-13)8-3-4-10(14)9(5-8)6-15/h3-5,7H,16H2,1-2H3. The molecular formula is C13H12FN3S. The molecule has 0 aliphatic carbocycles. The average molecular weight is 261 g/mol. The molecule has 0 aliphatic rings. The van der Waals surface area contributed by atoms with Crippen molar-refractivity contribution in [2.75, 3.05) is 5.73 Å². The van der Waals surface area contributed by atoms with Crippen molar-refractivity contribution in [2.24, 2.45) is 0 Å². The topological polar surface area (TPSA) is 62.7 Å². The van der Waals surface area contributed by atoms with E-state index < -0.39 is 5.82 Å². The molecule has 1 heterocycles. The minimum Gasteiger partial charge on any atom is -0.389 e. The van der Waals surface area contributed by atoms with Crippen LogP contribution in [0.15, 0.2) is 18.2 Å². The molecule has 0 radical (unpaired) electrons. The van der Waals surface area contributed by atoms with E-state index in [-0.39, 0.29) is 5.56 Å². The van der Waals surface area contributed by atoms with E-state index in [1.54, 1.807) is 6.07 Å². The maximum absolute atomic E-state index is 13.2. The molecule has 1 aromatic carbocycles. The first-order chi connectivity index (χ1) is 8.52. The summed E-state index contributed by atoms with van der Waals surface area (Å²) in [5, 5.41) is 10.3. The van der Waals surface area contributed by atoms with Crippen LogP contribution in [0.1, 0.15) is 30.3 Å². The van der Waals surface area contributed by atoms with Crippen LogP contribution in [-0.4, -0.2) is 4.98 Å². The second-order valence-electron chi connectivity index (χ2n) is 4.23. The number of hydrogen-bond acceptors (Lipinski definition) is 4. The molecule has 2 N–H and O–H groups in total. The first kappa shape index (κ1) is 12.5. The largest absolute Gasteiger partial charge is 0.389 e.